The van der Waals surface area contributed by atoms with Crippen LogP contribution in [0, 0.1) is 0 Å². The first-order chi connectivity index (χ1) is 13.4. The van der Waals surface area contributed by atoms with E-state index in [0.717, 1.165) is 12.8 Å². The molecule has 2 atom stereocenters. The smallest absolute Gasteiger partial charge is 0.376 e. The molecular weight excluding hydrogens is 440 g/mol. The van der Waals surface area contributed by atoms with Crippen LogP contribution in [-0.2, 0) is 12.4 Å². The number of alkyl halides is 6. The zero-order valence-electron chi connectivity index (χ0n) is 15.3. The van der Waals surface area contributed by atoms with Crippen molar-refractivity contribution in [2.75, 3.05) is 10.6 Å². The number of hydrogen-bond acceptors (Lipinski definition) is 5. The third-order valence-electron chi connectivity index (χ3n) is 4.92. The first-order valence-electron chi connectivity index (χ1n) is 8.80. The average Bonchev–Trinajstić information content (AvgIpc) is 2.64. The normalized spacial score (nSPS) is 20.0. The van der Waals surface area contributed by atoms with Crippen LogP contribution in [0.4, 0.5) is 43.4 Å². The van der Waals surface area contributed by atoms with Crippen LogP contribution in [0.2, 0.25) is 0 Å². The quantitative estimate of drug-likeness (QED) is 0.474. The summed E-state index contributed by atoms with van der Waals surface area (Å²) in [7, 11) is 0. The highest BCUT2D eigenvalue weighted by atomic mass is 35.5. The molecule has 2 aromatic carbocycles. The number of nitrogens with one attached hydrogen (secondary N) is 2. The molecule has 0 aliphatic heterocycles. The van der Waals surface area contributed by atoms with Gasteiger partial charge in [0.1, 0.15) is 11.4 Å². The number of hydrogen-bond donors (Lipinski definition) is 3. The van der Waals surface area contributed by atoms with E-state index in [0.29, 0.717) is 25.0 Å². The number of nitrogens with two attached hydrogens (primary N) is 1. The summed E-state index contributed by atoms with van der Waals surface area (Å²) in [6, 6.07) is 0.268. The van der Waals surface area contributed by atoms with Crippen LogP contribution in [0.15, 0.2) is 27.8 Å². The van der Waals surface area contributed by atoms with Gasteiger partial charge in [0.25, 0.3) is 10.9 Å². The largest absolute Gasteiger partial charge is 0.416 e. The molecule has 2 aromatic rings. The molecule has 0 unspecified atom stereocenters. The van der Waals surface area contributed by atoms with Crippen molar-refractivity contribution in [1.82, 2.24) is 0 Å². The summed E-state index contributed by atoms with van der Waals surface area (Å²) in [5.74, 6) is 0. The SMILES string of the molecule is Cl.N[C@H]1CCCC[C@@H]1Nc1c(Nc2cc(C(F)(F)F)cc(C(F)(F)F)c2)c(=O)c1=O. The van der Waals surface area contributed by atoms with Crippen LogP contribution < -0.4 is 27.2 Å². The molecule has 0 heterocycles. The summed E-state index contributed by atoms with van der Waals surface area (Å²) in [4.78, 5) is 23.8. The Balaban J connectivity index is 0.00000320. The molecule has 166 valence electrons. The van der Waals surface area contributed by atoms with Gasteiger partial charge in [-0.1, -0.05) is 12.8 Å². The Hall–Kier alpha value is -2.27. The third-order valence-corrected chi connectivity index (χ3v) is 4.92. The highest BCUT2D eigenvalue weighted by molar-refractivity contribution is 5.85. The van der Waals surface area contributed by atoms with Gasteiger partial charge in [-0.25, -0.2) is 0 Å². The molecule has 1 aliphatic rings. The Labute approximate surface area is 172 Å². The van der Waals surface area contributed by atoms with Gasteiger partial charge in [-0.2, -0.15) is 26.3 Å². The lowest BCUT2D eigenvalue weighted by molar-refractivity contribution is -0.143. The molecule has 0 aromatic heterocycles. The number of benzene rings is 1. The summed E-state index contributed by atoms with van der Waals surface area (Å²) in [6.07, 6.45) is -6.99. The molecule has 5 nitrogen and oxygen atoms in total. The second kappa shape index (κ2) is 8.46. The van der Waals surface area contributed by atoms with Gasteiger partial charge in [0.2, 0.25) is 0 Å². The van der Waals surface area contributed by atoms with Crippen LogP contribution in [0.1, 0.15) is 36.8 Å². The minimum absolute atomic E-state index is 0. The molecule has 4 N–H and O–H groups in total. The molecule has 1 saturated carbocycles. The predicted molar refractivity (Wildman–Crippen MR) is 102 cm³/mol. The minimum atomic E-state index is -5.03. The first-order valence-corrected chi connectivity index (χ1v) is 8.80. The lowest BCUT2D eigenvalue weighted by Crippen LogP contribution is -2.46. The van der Waals surface area contributed by atoms with Crippen molar-refractivity contribution in [3.05, 3.63) is 49.8 Å². The predicted octanol–water partition coefficient (Wildman–Crippen LogP) is 4.17. The van der Waals surface area contributed by atoms with Crippen molar-refractivity contribution in [3.63, 3.8) is 0 Å². The number of halogens is 7. The fraction of sp³-hybridized carbons (Fsp3) is 0.444. The van der Waals surface area contributed by atoms with Gasteiger partial charge in [0.05, 0.1) is 11.1 Å². The molecule has 0 spiro atoms. The third kappa shape index (κ3) is 4.89. The highest BCUT2D eigenvalue weighted by Gasteiger charge is 2.37. The second-order valence-corrected chi connectivity index (χ2v) is 7.03. The van der Waals surface area contributed by atoms with Gasteiger partial charge in [-0.05, 0) is 31.0 Å². The minimum Gasteiger partial charge on any atom is -0.376 e. The van der Waals surface area contributed by atoms with Crippen molar-refractivity contribution in [2.24, 2.45) is 5.73 Å². The van der Waals surface area contributed by atoms with Gasteiger partial charge in [-0.3, -0.25) is 9.59 Å². The maximum absolute atomic E-state index is 13.0. The van der Waals surface area contributed by atoms with E-state index >= 15 is 0 Å². The maximum Gasteiger partial charge on any atom is 0.416 e. The van der Waals surface area contributed by atoms with Gasteiger partial charge in [0.15, 0.2) is 0 Å². The maximum atomic E-state index is 13.0. The lowest BCUT2D eigenvalue weighted by Gasteiger charge is -2.31. The van der Waals surface area contributed by atoms with Gasteiger partial charge < -0.3 is 16.4 Å². The molecule has 30 heavy (non-hydrogen) atoms. The zero-order chi connectivity index (χ0) is 21.6. The van der Waals surface area contributed by atoms with Crippen molar-refractivity contribution >= 4 is 29.5 Å². The molecule has 3 rings (SSSR count). The first kappa shape index (κ1) is 24.0. The Morgan fingerprint density at radius 2 is 1.33 bits per heavy atom. The summed E-state index contributed by atoms with van der Waals surface area (Å²) in [5, 5.41) is 5.07. The fourth-order valence-corrected chi connectivity index (χ4v) is 3.34. The summed E-state index contributed by atoms with van der Waals surface area (Å²) >= 11 is 0. The van der Waals surface area contributed by atoms with Crippen LogP contribution >= 0.6 is 12.4 Å². The molecule has 0 amide bonds. The molecule has 12 heteroatoms. The summed E-state index contributed by atoms with van der Waals surface area (Å²) in [5.41, 5.74) is -0.167. The van der Waals surface area contributed by atoms with Crippen LogP contribution in [0.25, 0.3) is 0 Å². The van der Waals surface area contributed by atoms with Crippen molar-refractivity contribution < 1.29 is 26.3 Å². The molecular formula is C18H18ClF6N3O2. The Bertz CT molecular complexity index is 950. The van der Waals surface area contributed by atoms with E-state index in [2.05, 4.69) is 10.6 Å². The fourth-order valence-electron chi connectivity index (χ4n) is 3.34. The van der Waals surface area contributed by atoms with Crippen LogP contribution in [-0.4, -0.2) is 12.1 Å². The summed E-state index contributed by atoms with van der Waals surface area (Å²) in [6.45, 7) is 0. The molecule has 1 fully saturated rings. The average molecular weight is 458 g/mol. The number of anilines is 3. The van der Waals surface area contributed by atoms with E-state index in [4.69, 9.17) is 5.73 Å². The Morgan fingerprint density at radius 3 is 1.83 bits per heavy atom. The second-order valence-electron chi connectivity index (χ2n) is 7.03. The van der Waals surface area contributed by atoms with E-state index in [1.165, 1.54) is 0 Å². The Morgan fingerprint density at radius 1 is 0.833 bits per heavy atom. The molecule has 0 saturated heterocycles. The van der Waals surface area contributed by atoms with E-state index < -0.39 is 40.0 Å². The van der Waals surface area contributed by atoms with E-state index in [-0.39, 0.29) is 41.9 Å². The molecule has 1 aliphatic carbocycles. The van der Waals surface area contributed by atoms with Gasteiger partial charge >= 0.3 is 12.4 Å². The zero-order valence-corrected chi connectivity index (χ0v) is 16.1. The standard InChI is InChI=1S/C18H17F6N3O2.ClH/c19-17(20,21)8-5-9(18(22,23)24)7-10(6-8)26-13-14(16(29)15(13)28)27-12-4-2-1-3-11(12)25;/h5-7,11-12,26-27H,1-4,25H2;1H/t11-,12-;/m0./s1. The van der Waals surface area contributed by atoms with E-state index in [1.54, 1.807) is 0 Å². The Kier molecular flexibility index (Phi) is 6.77. The van der Waals surface area contributed by atoms with E-state index in [1.807, 2.05) is 0 Å². The topological polar surface area (TPSA) is 84.2 Å². The monoisotopic (exact) mass is 457 g/mol. The van der Waals surface area contributed by atoms with Gasteiger partial charge in [-0.15, -0.1) is 12.4 Å². The van der Waals surface area contributed by atoms with Crippen LogP contribution in [0.5, 0.6) is 0 Å². The van der Waals surface area contributed by atoms with Gasteiger partial charge in [0, 0.05) is 17.8 Å². The number of rotatable bonds is 4. The highest BCUT2D eigenvalue weighted by Crippen LogP contribution is 2.38. The van der Waals surface area contributed by atoms with Crippen molar-refractivity contribution in [3.8, 4) is 0 Å². The molecule has 0 bridgehead atoms. The van der Waals surface area contributed by atoms with E-state index in [9.17, 15) is 35.9 Å². The van der Waals surface area contributed by atoms with Crippen molar-refractivity contribution in [2.45, 2.75) is 50.1 Å². The lowest BCUT2D eigenvalue weighted by atomic mass is 9.90. The van der Waals surface area contributed by atoms with Crippen molar-refractivity contribution in [1.29, 1.82) is 0 Å². The summed E-state index contributed by atoms with van der Waals surface area (Å²) < 4.78 is 77.9. The molecule has 0 radical (unpaired) electrons. The van der Waals surface area contributed by atoms with Crippen LogP contribution in [0.3, 0.4) is 0 Å².